The predicted octanol–water partition coefficient (Wildman–Crippen LogP) is 3.93. The lowest BCUT2D eigenvalue weighted by Crippen LogP contribution is -2.31. The summed E-state index contributed by atoms with van der Waals surface area (Å²) in [7, 11) is 1.88. The van der Waals surface area contributed by atoms with Gasteiger partial charge in [0.25, 0.3) is 0 Å². The van der Waals surface area contributed by atoms with E-state index in [0.29, 0.717) is 18.0 Å². The number of halogens is 1. The zero-order valence-corrected chi connectivity index (χ0v) is 12.7. The van der Waals surface area contributed by atoms with Crippen molar-refractivity contribution in [2.24, 2.45) is 11.8 Å². The molecule has 0 heterocycles. The summed E-state index contributed by atoms with van der Waals surface area (Å²) in [6, 6.07) is 6.93. The fourth-order valence-corrected chi connectivity index (χ4v) is 3.01. The molecule has 112 valence electrons. The molecule has 1 aliphatic rings. The molecule has 1 saturated carbocycles. The first-order valence-corrected chi connectivity index (χ1v) is 7.66. The molecule has 2 rings (SSSR count). The Balaban J connectivity index is 2.05. The Labute approximate surface area is 121 Å². The van der Waals surface area contributed by atoms with Gasteiger partial charge in [0.05, 0.1) is 12.2 Å². The van der Waals surface area contributed by atoms with Crippen molar-refractivity contribution in [1.82, 2.24) is 5.32 Å². The maximum atomic E-state index is 13.9. The normalized spacial score (nSPS) is 28.3. The average molecular weight is 279 g/mol. The highest BCUT2D eigenvalue weighted by Gasteiger charge is 2.28. The molecule has 0 amide bonds. The minimum absolute atomic E-state index is 0.176. The van der Waals surface area contributed by atoms with Gasteiger partial charge in [-0.05, 0) is 44.2 Å². The Bertz CT molecular complexity index is 423. The van der Waals surface area contributed by atoms with E-state index >= 15 is 0 Å². The van der Waals surface area contributed by atoms with E-state index in [4.69, 9.17) is 4.74 Å². The zero-order chi connectivity index (χ0) is 14.5. The van der Waals surface area contributed by atoms with Crippen molar-refractivity contribution in [3.05, 3.63) is 35.6 Å². The summed E-state index contributed by atoms with van der Waals surface area (Å²) in [6.45, 7) is 5.24. The van der Waals surface area contributed by atoms with Crippen molar-refractivity contribution in [1.29, 1.82) is 0 Å². The van der Waals surface area contributed by atoms with Gasteiger partial charge in [-0.25, -0.2) is 4.39 Å². The Morgan fingerprint density at radius 2 is 2.00 bits per heavy atom. The third-order valence-corrected chi connectivity index (χ3v) is 4.55. The molecule has 0 aromatic heterocycles. The summed E-state index contributed by atoms with van der Waals surface area (Å²) >= 11 is 0. The van der Waals surface area contributed by atoms with Crippen LogP contribution in [0.1, 0.15) is 44.8 Å². The largest absolute Gasteiger partial charge is 0.369 e. The van der Waals surface area contributed by atoms with E-state index in [1.807, 2.05) is 19.2 Å². The molecule has 4 atom stereocenters. The average Bonchev–Trinajstić information content (AvgIpc) is 2.43. The number of rotatable bonds is 5. The third-order valence-electron chi connectivity index (χ3n) is 4.55. The maximum absolute atomic E-state index is 13.9. The molecule has 1 aromatic carbocycles. The Kier molecular flexibility index (Phi) is 5.55. The lowest BCUT2D eigenvalue weighted by molar-refractivity contribution is -0.0486. The summed E-state index contributed by atoms with van der Waals surface area (Å²) in [6.07, 6.45) is 3.41. The second kappa shape index (κ2) is 7.19. The molecule has 1 aliphatic carbocycles. The molecular weight excluding hydrogens is 253 g/mol. The molecule has 1 fully saturated rings. The molecule has 3 heteroatoms. The van der Waals surface area contributed by atoms with Crippen LogP contribution in [0.2, 0.25) is 0 Å². The highest BCUT2D eigenvalue weighted by atomic mass is 19.1. The molecule has 0 spiro atoms. The highest BCUT2D eigenvalue weighted by Crippen LogP contribution is 2.34. The van der Waals surface area contributed by atoms with Crippen LogP contribution in [0.4, 0.5) is 4.39 Å². The quantitative estimate of drug-likeness (QED) is 0.882. The SMILES string of the molecule is CNCC(OC1CCC(C)C(C)C1)c1ccccc1F. The minimum Gasteiger partial charge on any atom is -0.369 e. The lowest BCUT2D eigenvalue weighted by Gasteiger charge is -2.34. The van der Waals surface area contributed by atoms with Gasteiger partial charge in [0.1, 0.15) is 5.82 Å². The van der Waals surface area contributed by atoms with Crippen molar-refractivity contribution < 1.29 is 9.13 Å². The van der Waals surface area contributed by atoms with Crippen LogP contribution in [-0.4, -0.2) is 19.7 Å². The first kappa shape index (κ1) is 15.5. The molecular formula is C17H26FNO. The van der Waals surface area contributed by atoms with Crippen molar-refractivity contribution in [2.75, 3.05) is 13.6 Å². The topological polar surface area (TPSA) is 21.3 Å². The Morgan fingerprint density at radius 3 is 2.65 bits per heavy atom. The van der Waals surface area contributed by atoms with Gasteiger partial charge in [0.15, 0.2) is 0 Å². The van der Waals surface area contributed by atoms with Gasteiger partial charge in [-0.15, -0.1) is 0 Å². The van der Waals surface area contributed by atoms with Gasteiger partial charge < -0.3 is 10.1 Å². The monoisotopic (exact) mass is 279 g/mol. The van der Waals surface area contributed by atoms with Crippen LogP contribution in [-0.2, 0) is 4.74 Å². The predicted molar refractivity (Wildman–Crippen MR) is 80.1 cm³/mol. The van der Waals surface area contributed by atoms with Gasteiger partial charge in [-0.3, -0.25) is 0 Å². The van der Waals surface area contributed by atoms with Crippen LogP contribution in [0.3, 0.4) is 0 Å². The number of hydrogen-bond acceptors (Lipinski definition) is 2. The van der Waals surface area contributed by atoms with E-state index in [0.717, 1.165) is 18.8 Å². The van der Waals surface area contributed by atoms with Crippen molar-refractivity contribution in [3.63, 3.8) is 0 Å². The van der Waals surface area contributed by atoms with Gasteiger partial charge in [0.2, 0.25) is 0 Å². The molecule has 0 bridgehead atoms. The maximum Gasteiger partial charge on any atom is 0.129 e. The molecule has 0 aliphatic heterocycles. The van der Waals surface area contributed by atoms with Gasteiger partial charge in [-0.2, -0.15) is 0 Å². The van der Waals surface area contributed by atoms with E-state index in [-0.39, 0.29) is 18.0 Å². The van der Waals surface area contributed by atoms with Crippen molar-refractivity contribution in [2.45, 2.75) is 45.3 Å². The molecule has 1 N–H and O–H groups in total. The fraction of sp³-hybridized carbons (Fsp3) is 0.647. The van der Waals surface area contributed by atoms with Gasteiger partial charge in [0, 0.05) is 12.1 Å². The van der Waals surface area contributed by atoms with Crippen LogP contribution in [0.15, 0.2) is 24.3 Å². The summed E-state index contributed by atoms with van der Waals surface area (Å²) < 4.78 is 20.2. The van der Waals surface area contributed by atoms with Crippen molar-refractivity contribution in [3.8, 4) is 0 Å². The molecule has 1 aromatic rings. The van der Waals surface area contributed by atoms with Crippen LogP contribution >= 0.6 is 0 Å². The van der Waals surface area contributed by atoms with Crippen LogP contribution in [0, 0.1) is 17.7 Å². The third kappa shape index (κ3) is 3.80. The summed E-state index contributed by atoms with van der Waals surface area (Å²) in [5, 5.41) is 3.11. The van der Waals surface area contributed by atoms with Gasteiger partial charge >= 0.3 is 0 Å². The van der Waals surface area contributed by atoms with E-state index in [1.54, 1.807) is 6.07 Å². The molecule has 0 radical (unpaired) electrons. The number of likely N-dealkylation sites (N-methyl/N-ethyl adjacent to an activating group) is 1. The van der Waals surface area contributed by atoms with E-state index in [1.165, 1.54) is 12.5 Å². The fourth-order valence-electron chi connectivity index (χ4n) is 3.01. The number of nitrogens with one attached hydrogen (secondary N) is 1. The number of ether oxygens (including phenoxy) is 1. The Morgan fingerprint density at radius 1 is 1.25 bits per heavy atom. The van der Waals surface area contributed by atoms with Crippen LogP contribution in [0.25, 0.3) is 0 Å². The standard InChI is InChI=1S/C17H26FNO/c1-12-8-9-14(10-13(12)2)20-17(11-19-3)15-6-4-5-7-16(15)18/h4-7,12-14,17,19H,8-11H2,1-3H3. The zero-order valence-electron chi connectivity index (χ0n) is 12.7. The number of benzene rings is 1. The molecule has 4 unspecified atom stereocenters. The second-order valence-electron chi connectivity index (χ2n) is 6.09. The summed E-state index contributed by atoms with van der Waals surface area (Å²) in [4.78, 5) is 0. The first-order chi connectivity index (χ1) is 9.61. The summed E-state index contributed by atoms with van der Waals surface area (Å²) in [5.74, 6) is 1.28. The summed E-state index contributed by atoms with van der Waals surface area (Å²) in [5.41, 5.74) is 0.660. The van der Waals surface area contributed by atoms with E-state index in [2.05, 4.69) is 19.2 Å². The Hall–Kier alpha value is -0.930. The van der Waals surface area contributed by atoms with Crippen molar-refractivity contribution >= 4 is 0 Å². The molecule has 20 heavy (non-hydrogen) atoms. The van der Waals surface area contributed by atoms with Crippen LogP contribution < -0.4 is 5.32 Å². The second-order valence-corrected chi connectivity index (χ2v) is 6.09. The minimum atomic E-state index is -0.202. The smallest absolute Gasteiger partial charge is 0.129 e. The molecule has 0 saturated heterocycles. The van der Waals surface area contributed by atoms with E-state index in [9.17, 15) is 4.39 Å². The molecule has 2 nitrogen and oxygen atoms in total. The van der Waals surface area contributed by atoms with Crippen LogP contribution in [0.5, 0.6) is 0 Å². The highest BCUT2D eigenvalue weighted by molar-refractivity contribution is 5.20. The first-order valence-electron chi connectivity index (χ1n) is 7.66. The van der Waals surface area contributed by atoms with E-state index < -0.39 is 0 Å². The van der Waals surface area contributed by atoms with Gasteiger partial charge in [-0.1, -0.05) is 32.0 Å². The lowest BCUT2D eigenvalue weighted by atomic mass is 9.80. The number of hydrogen-bond donors (Lipinski definition) is 1.